The second-order valence-corrected chi connectivity index (χ2v) is 5.91. The molecule has 2 rings (SSSR count). The van der Waals surface area contributed by atoms with Crippen molar-refractivity contribution in [3.8, 4) is 11.5 Å². The molecule has 1 aromatic carbocycles. The number of esters is 1. The molecule has 0 bridgehead atoms. The maximum Gasteiger partial charge on any atom is 0.345 e. The molecule has 1 heterocycles. The van der Waals surface area contributed by atoms with Gasteiger partial charge in [-0.2, -0.15) is 0 Å². The fourth-order valence-electron chi connectivity index (χ4n) is 2.93. The number of benzene rings is 1. The Morgan fingerprint density at radius 1 is 1.36 bits per heavy atom. The predicted molar refractivity (Wildman–Crippen MR) is 91.3 cm³/mol. The molecule has 1 aliphatic rings. The molecule has 138 valence electrons. The first-order valence-corrected chi connectivity index (χ1v) is 8.38. The number of piperidine rings is 1. The van der Waals surface area contributed by atoms with Gasteiger partial charge in [0.1, 0.15) is 5.56 Å². The fraction of sp³-hybridized carbons (Fsp3) is 0.588. The number of rotatable bonds is 7. The summed E-state index contributed by atoms with van der Waals surface area (Å²) in [5.41, 5.74) is -0.502. The zero-order valence-corrected chi connectivity index (χ0v) is 14.7. The van der Waals surface area contributed by atoms with Crippen LogP contribution in [0.25, 0.3) is 0 Å². The van der Waals surface area contributed by atoms with Crippen molar-refractivity contribution in [2.24, 2.45) is 5.92 Å². The minimum absolute atomic E-state index is 0.121. The molecule has 1 saturated heterocycles. The lowest BCUT2D eigenvalue weighted by Crippen LogP contribution is -2.35. The highest BCUT2D eigenvalue weighted by atomic mass is 16.6. The molecule has 0 saturated carbocycles. The van der Waals surface area contributed by atoms with Gasteiger partial charge in [-0.25, -0.2) is 4.79 Å². The molecule has 1 N–H and O–H groups in total. The standard InChI is InChI=1S/C17H24N2O6/c1-4-24-17(20)13-9-15(23-3)16(10-14(13)19(21)22)25-11(2)12-5-7-18-8-6-12/h9-12,18H,4-8H2,1-3H3. The van der Waals surface area contributed by atoms with E-state index in [9.17, 15) is 14.9 Å². The van der Waals surface area contributed by atoms with Crippen molar-refractivity contribution in [2.75, 3.05) is 26.8 Å². The largest absolute Gasteiger partial charge is 0.493 e. The van der Waals surface area contributed by atoms with E-state index in [2.05, 4.69) is 5.32 Å². The molecule has 0 aromatic heterocycles. The van der Waals surface area contributed by atoms with Crippen molar-refractivity contribution in [2.45, 2.75) is 32.8 Å². The van der Waals surface area contributed by atoms with Crippen LogP contribution < -0.4 is 14.8 Å². The molecule has 0 radical (unpaired) electrons. The van der Waals surface area contributed by atoms with Crippen molar-refractivity contribution in [3.05, 3.63) is 27.8 Å². The van der Waals surface area contributed by atoms with Crippen LogP contribution in [0.3, 0.4) is 0 Å². The first kappa shape index (κ1) is 19.0. The number of hydrogen-bond donors (Lipinski definition) is 1. The summed E-state index contributed by atoms with van der Waals surface area (Å²) in [5, 5.41) is 14.7. The van der Waals surface area contributed by atoms with Gasteiger partial charge >= 0.3 is 5.97 Å². The van der Waals surface area contributed by atoms with Crippen LogP contribution in [0, 0.1) is 16.0 Å². The number of nitro groups is 1. The van der Waals surface area contributed by atoms with E-state index in [1.807, 2.05) is 6.92 Å². The van der Waals surface area contributed by atoms with Crippen LogP contribution in [0.5, 0.6) is 11.5 Å². The molecule has 0 amide bonds. The fourth-order valence-corrected chi connectivity index (χ4v) is 2.93. The highest BCUT2D eigenvalue weighted by Crippen LogP contribution is 2.36. The van der Waals surface area contributed by atoms with E-state index in [1.54, 1.807) is 6.92 Å². The number of methoxy groups -OCH3 is 1. The van der Waals surface area contributed by atoms with Gasteiger partial charge in [-0.3, -0.25) is 10.1 Å². The van der Waals surface area contributed by atoms with E-state index >= 15 is 0 Å². The van der Waals surface area contributed by atoms with Gasteiger partial charge < -0.3 is 19.5 Å². The summed E-state index contributed by atoms with van der Waals surface area (Å²) >= 11 is 0. The van der Waals surface area contributed by atoms with Crippen molar-refractivity contribution in [1.29, 1.82) is 0 Å². The van der Waals surface area contributed by atoms with E-state index in [1.165, 1.54) is 19.2 Å². The van der Waals surface area contributed by atoms with E-state index in [0.717, 1.165) is 25.9 Å². The van der Waals surface area contributed by atoms with Gasteiger partial charge in [0.05, 0.1) is 30.8 Å². The Kier molecular flexibility index (Phi) is 6.58. The summed E-state index contributed by atoms with van der Waals surface area (Å²) in [6.07, 6.45) is 1.84. The average Bonchev–Trinajstić information content (AvgIpc) is 2.62. The molecule has 1 atom stereocenters. The number of ether oxygens (including phenoxy) is 3. The minimum Gasteiger partial charge on any atom is -0.493 e. The number of nitro benzene ring substituents is 1. The molecule has 1 aromatic rings. The summed E-state index contributed by atoms with van der Waals surface area (Å²) in [6, 6.07) is 2.54. The molecule has 0 aliphatic carbocycles. The third kappa shape index (κ3) is 4.60. The quantitative estimate of drug-likeness (QED) is 0.457. The molecule has 1 unspecified atom stereocenters. The lowest BCUT2D eigenvalue weighted by Gasteiger charge is -2.29. The number of carbonyl (C=O) groups excluding carboxylic acids is 1. The molecular weight excluding hydrogens is 328 g/mol. The van der Waals surface area contributed by atoms with Gasteiger partial charge in [-0.15, -0.1) is 0 Å². The molecule has 25 heavy (non-hydrogen) atoms. The van der Waals surface area contributed by atoms with Crippen LogP contribution in [-0.2, 0) is 4.74 Å². The van der Waals surface area contributed by atoms with Crippen LogP contribution in [0.4, 0.5) is 5.69 Å². The van der Waals surface area contributed by atoms with Crippen molar-refractivity contribution >= 4 is 11.7 Å². The Labute approximate surface area is 146 Å². The van der Waals surface area contributed by atoms with E-state index in [0.29, 0.717) is 5.92 Å². The monoisotopic (exact) mass is 352 g/mol. The summed E-state index contributed by atoms with van der Waals surface area (Å²) in [5.74, 6) is 0.128. The van der Waals surface area contributed by atoms with Gasteiger partial charge in [0.2, 0.25) is 0 Å². The van der Waals surface area contributed by atoms with Gasteiger partial charge in [0, 0.05) is 6.07 Å². The SMILES string of the molecule is CCOC(=O)c1cc(OC)c(OC(C)C2CCNCC2)cc1[N+](=O)[O-]. The molecule has 8 heteroatoms. The second-order valence-electron chi connectivity index (χ2n) is 5.91. The van der Waals surface area contributed by atoms with Crippen molar-refractivity contribution in [3.63, 3.8) is 0 Å². The molecule has 0 spiro atoms. The predicted octanol–water partition coefficient (Wildman–Crippen LogP) is 2.55. The summed E-state index contributed by atoms with van der Waals surface area (Å²) < 4.78 is 16.1. The lowest BCUT2D eigenvalue weighted by atomic mass is 9.93. The highest BCUT2D eigenvalue weighted by Gasteiger charge is 2.28. The Bertz CT molecular complexity index is 628. The van der Waals surface area contributed by atoms with Crippen molar-refractivity contribution < 1.29 is 23.9 Å². The molecule has 1 fully saturated rings. The van der Waals surface area contributed by atoms with Gasteiger partial charge in [0.25, 0.3) is 5.69 Å². The molecule has 1 aliphatic heterocycles. The minimum atomic E-state index is -0.759. The third-order valence-electron chi connectivity index (χ3n) is 4.33. The first-order valence-electron chi connectivity index (χ1n) is 8.38. The second kappa shape index (κ2) is 8.66. The van der Waals surface area contributed by atoms with Crippen LogP contribution in [-0.4, -0.2) is 43.8 Å². The van der Waals surface area contributed by atoms with Gasteiger partial charge in [0.15, 0.2) is 11.5 Å². The first-order chi connectivity index (χ1) is 12.0. The van der Waals surface area contributed by atoms with Crippen LogP contribution >= 0.6 is 0 Å². The van der Waals surface area contributed by atoms with E-state index in [-0.39, 0.29) is 35.5 Å². The van der Waals surface area contributed by atoms with Crippen LogP contribution in [0.1, 0.15) is 37.0 Å². The van der Waals surface area contributed by atoms with Crippen LogP contribution in [0.15, 0.2) is 12.1 Å². The topological polar surface area (TPSA) is 99.9 Å². The Morgan fingerprint density at radius 2 is 2.04 bits per heavy atom. The zero-order chi connectivity index (χ0) is 18.4. The third-order valence-corrected chi connectivity index (χ3v) is 4.33. The van der Waals surface area contributed by atoms with E-state index in [4.69, 9.17) is 14.2 Å². The molecule has 8 nitrogen and oxygen atoms in total. The summed E-state index contributed by atoms with van der Waals surface area (Å²) in [7, 11) is 1.43. The average molecular weight is 352 g/mol. The maximum atomic E-state index is 12.0. The zero-order valence-electron chi connectivity index (χ0n) is 14.7. The Hall–Kier alpha value is -2.35. The van der Waals surface area contributed by atoms with Crippen molar-refractivity contribution in [1.82, 2.24) is 5.32 Å². The normalized spacial score (nSPS) is 16.1. The van der Waals surface area contributed by atoms with Gasteiger partial charge in [-0.1, -0.05) is 0 Å². The number of nitrogens with zero attached hydrogens (tertiary/aromatic N) is 1. The van der Waals surface area contributed by atoms with Gasteiger partial charge in [-0.05, 0) is 45.7 Å². The van der Waals surface area contributed by atoms with E-state index < -0.39 is 10.9 Å². The smallest absolute Gasteiger partial charge is 0.345 e. The lowest BCUT2D eigenvalue weighted by molar-refractivity contribution is -0.385. The highest BCUT2D eigenvalue weighted by molar-refractivity contribution is 5.95. The Balaban J connectivity index is 2.31. The summed E-state index contributed by atoms with van der Waals surface area (Å²) in [6.45, 7) is 5.57. The summed E-state index contributed by atoms with van der Waals surface area (Å²) in [4.78, 5) is 22.7. The number of hydrogen-bond acceptors (Lipinski definition) is 7. The Morgan fingerprint density at radius 3 is 2.60 bits per heavy atom. The number of nitrogens with one attached hydrogen (secondary N) is 1. The maximum absolute atomic E-state index is 12.0. The number of carbonyl (C=O) groups is 1. The molecular formula is C17H24N2O6. The van der Waals surface area contributed by atoms with Crippen LogP contribution in [0.2, 0.25) is 0 Å².